The largest absolute Gasteiger partial charge is 0.480 e. The zero-order valence-electron chi connectivity index (χ0n) is 10.6. The van der Waals surface area contributed by atoms with Crippen LogP contribution in [0.3, 0.4) is 0 Å². The molecular weight excluding hydrogens is 246 g/mol. The van der Waals surface area contributed by atoms with Crippen LogP contribution in [0.25, 0.3) is 0 Å². The Kier molecular flexibility index (Phi) is 4.53. The van der Waals surface area contributed by atoms with Crippen molar-refractivity contribution in [2.75, 3.05) is 5.32 Å². The highest BCUT2D eigenvalue weighted by Crippen LogP contribution is 2.28. The Morgan fingerprint density at radius 3 is 3.06 bits per heavy atom. The number of anilines is 1. The zero-order valence-corrected chi connectivity index (χ0v) is 11.5. The molecule has 98 valence electrons. The number of aryl methyl sites for hydroxylation is 1. The van der Waals surface area contributed by atoms with Gasteiger partial charge >= 0.3 is 0 Å². The van der Waals surface area contributed by atoms with Crippen LogP contribution in [0.4, 0.5) is 5.69 Å². The second-order valence-corrected chi connectivity index (χ2v) is 5.16. The number of carbonyl (C=O) groups is 1. The van der Waals surface area contributed by atoms with Crippen LogP contribution in [-0.2, 0) is 11.2 Å². The van der Waals surface area contributed by atoms with E-state index in [0.29, 0.717) is 6.42 Å². The molecule has 0 spiro atoms. The lowest BCUT2D eigenvalue weighted by atomic mass is 10.0. The van der Waals surface area contributed by atoms with Gasteiger partial charge in [-0.15, -0.1) is 12.6 Å². The Morgan fingerprint density at radius 1 is 1.44 bits per heavy atom. The minimum atomic E-state index is -0.0545. The average molecular weight is 265 g/mol. The molecule has 1 N–H and O–H groups in total. The molecular formula is C14H19NO2S. The maximum absolute atomic E-state index is 11.3. The fourth-order valence-electron chi connectivity index (χ4n) is 2.03. The second kappa shape index (κ2) is 6.14. The summed E-state index contributed by atoms with van der Waals surface area (Å²) >= 11 is 4.42. The maximum Gasteiger partial charge on any atom is 0.224 e. The summed E-state index contributed by atoms with van der Waals surface area (Å²) in [7, 11) is 0. The highest BCUT2D eigenvalue weighted by molar-refractivity contribution is 7.80. The first kappa shape index (κ1) is 13.3. The van der Waals surface area contributed by atoms with E-state index in [4.69, 9.17) is 4.74 Å². The third-order valence-electron chi connectivity index (χ3n) is 3.05. The molecule has 0 saturated heterocycles. The number of benzene rings is 1. The average Bonchev–Trinajstić information content (AvgIpc) is 2.36. The van der Waals surface area contributed by atoms with Gasteiger partial charge in [-0.3, -0.25) is 4.79 Å². The van der Waals surface area contributed by atoms with E-state index in [1.165, 1.54) is 0 Å². The molecule has 0 bridgehead atoms. The number of nitrogens with one attached hydrogen (secondary N) is 1. The Morgan fingerprint density at radius 2 is 2.28 bits per heavy atom. The van der Waals surface area contributed by atoms with Crippen molar-refractivity contribution in [3.05, 3.63) is 23.8 Å². The quantitative estimate of drug-likeness (QED) is 0.632. The lowest BCUT2D eigenvalue weighted by Gasteiger charge is -2.19. The predicted octanol–water partition coefficient (Wildman–Crippen LogP) is 3.40. The van der Waals surface area contributed by atoms with Crippen LogP contribution in [-0.4, -0.2) is 11.3 Å². The summed E-state index contributed by atoms with van der Waals surface area (Å²) in [6.45, 7) is 2.15. The lowest BCUT2D eigenvalue weighted by Crippen LogP contribution is -2.19. The van der Waals surface area contributed by atoms with E-state index in [-0.39, 0.29) is 11.3 Å². The third-order valence-corrected chi connectivity index (χ3v) is 3.41. The summed E-state index contributed by atoms with van der Waals surface area (Å²) < 4.78 is 5.76. The monoisotopic (exact) mass is 265 g/mol. The second-order valence-electron chi connectivity index (χ2n) is 4.58. The van der Waals surface area contributed by atoms with Gasteiger partial charge in [0.05, 0.1) is 0 Å². The molecule has 1 unspecified atom stereocenters. The molecule has 1 aromatic carbocycles. The highest BCUT2D eigenvalue weighted by atomic mass is 32.1. The minimum Gasteiger partial charge on any atom is -0.480 e. The number of unbranched alkanes of at least 4 members (excludes halogenated alkanes) is 1. The van der Waals surface area contributed by atoms with Gasteiger partial charge in [-0.05, 0) is 43.0 Å². The molecule has 0 radical (unpaired) electrons. The molecule has 3 nitrogen and oxygen atoms in total. The van der Waals surface area contributed by atoms with Gasteiger partial charge in [-0.25, -0.2) is 0 Å². The van der Waals surface area contributed by atoms with Crippen LogP contribution >= 0.6 is 12.6 Å². The Balaban J connectivity index is 2.00. The summed E-state index contributed by atoms with van der Waals surface area (Å²) in [5.41, 5.74) is 1.99. The van der Waals surface area contributed by atoms with Crippen molar-refractivity contribution in [2.45, 2.75) is 44.5 Å². The van der Waals surface area contributed by atoms with Crippen LogP contribution in [0, 0.1) is 0 Å². The number of ether oxygens (including phenoxy) is 1. The van der Waals surface area contributed by atoms with Crippen molar-refractivity contribution < 1.29 is 9.53 Å². The van der Waals surface area contributed by atoms with Gasteiger partial charge in [-0.2, -0.15) is 0 Å². The fourth-order valence-corrected chi connectivity index (χ4v) is 2.33. The smallest absolute Gasteiger partial charge is 0.224 e. The first-order valence-electron chi connectivity index (χ1n) is 6.46. The SMILES string of the molecule is CCCCC(S)Oc1ccc2c(c1)CCC(=O)N2. The third kappa shape index (κ3) is 3.42. The van der Waals surface area contributed by atoms with E-state index < -0.39 is 0 Å². The van der Waals surface area contributed by atoms with E-state index >= 15 is 0 Å². The number of thiol groups is 1. The van der Waals surface area contributed by atoms with E-state index in [9.17, 15) is 4.79 Å². The van der Waals surface area contributed by atoms with Crippen LogP contribution in [0.1, 0.15) is 38.2 Å². The van der Waals surface area contributed by atoms with Crippen molar-refractivity contribution in [1.82, 2.24) is 0 Å². The molecule has 0 aliphatic carbocycles. The number of hydrogen-bond donors (Lipinski definition) is 2. The van der Waals surface area contributed by atoms with E-state index in [0.717, 1.165) is 42.7 Å². The van der Waals surface area contributed by atoms with Crippen LogP contribution in [0.15, 0.2) is 18.2 Å². The summed E-state index contributed by atoms with van der Waals surface area (Å²) in [4.78, 5) is 11.3. The van der Waals surface area contributed by atoms with Gasteiger partial charge in [0.1, 0.15) is 11.2 Å². The molecule has 0 fully saturated rings. The van der Waals surface area contributed by atoms with Crippen molar-refractivity contribution in [2.24, 2.45) is 0 Å². The number of fused-ring (bicyclic) bond motifs is 1. The molecule has 0 saturated carbocycles. The van der Waals surface area contributed by atoms with E-state index in [1.54, 1.807) is 0 Å². The Bertz CT molecular complexity index is 434. The summed E-state index contributed by atoms with van der Waals surface area (Å²) in [5.74, 6) is 0.923. The summed E-state index contributed by atoms with van der Waals surface area (Å²) in [6, 6.07) is 5.80. The Hall–Kier alpha value is -1.16. The normalized spacial score (nSPS) is 15.8. The molecule has 1 heterocycles. The predicted molar refractivity (Wildman–Crippen MR) is 76.3 cm³/mol. The van der Waals surface area contributed by atoms with Gasteiger partial charge in [0.25, 0.3) is 0 Å². The van der Waals surface area contributed by atoms with Gasteiger partial charge < -0.3 is 10.1 Å². The van der Waals surface area contributed by atoms with E-state index in [1.807, 2.05) is 18.2 Å². The molecule has 0 aromatic heterocycles. The molecule has 18 heavy (non-hydrogen) atoms. The molecule has 1 aliphatic heterocycles. The summed E-state index contributed by atoms with van der Waals surface area (Å²) in [5, 5.41) is 2.86. The summed E-state index contributed by atoms with van der Waals surface area (Å²) in [6.07, 6.45) is 4.56. The van der Waals surface area contributed by atoms with Gasteiger partial charge in [0, 0.05) is 12.1 Å². The maximum atomic E-state index is 11.3. The molecule has 2 rings (SSSR count). The first-order chi connectivity index (χ1) is 8.69. The van der Waals surface area contributed by atoms with Gasteiger partial charge in [-0.1, -0.05) is 13.3 Å². The van der Waals surface area contributed by atoms with Gasteiger partial charge in [0.15, 0.2) is 0 Å². The number of rotatable bonds is 5. The lowest BCUT2D eigenvalue weighted by molar-refractivity contribution is -0.116. The first-order valence-corrected chi connectivity index (χ1v) is 6.98. The Labute approximate surface area is 113 Å². The standard InChI is InChI=1S/C14H19NO2S/c1-2-3-4-14(18)17-11-6-7-12-10(9-11)5-8-13(16)15-12/h6-7,9,14,18H,2-5,8H2,1H3,(H,15,16). The number of amides is 1. The molecule has 1 aliphatic rings. The molecule has 4 heteroatoms. The van der Waals surface area contributed by atoms with Crippen molar-refractivity contribution in [1.29, 1.82) is 0 Å². The number of hydrogen-bond acceptors (Lipinski definition) is 3. The topological polar surface area (TPSA) is 38.3 Å². The van der Waals surface area contributed by atoms with Crippen LogP contribution < -0.4 is 10.1 Å². The fraction of sp³-hybridized carbons (Fsp3) is 0.500. The minimum absolute atomic E-state index is 0.0545. The van der Waals surface area contributed by atoms with Crippen molar-refractivity contribution in [3.63, 3.8) is 0 Å². The molecule has 1 amide bonds. The zero-order chi connectivity index (χ0) is 13.0. The highest BCUT2D eigenvalue weighted by Gasteiger charge is 2.15. The van der Waals surface area contributed by atoms with Gasteiger partial charge in [0.2, 0.25) is 5.91 Å². The molecule has 1 aromatic rings. The van der Waals surface area contributed by atoms with Crippen LogP contribution in [0.5, 0.6) is 5.75 Å². The number of carbonyl (C=O) groups excluding carboxylic acids is 1. The molecule has 1 atom stereocenters. The van der Waals surface area contributed by atoms with Crippen LogP contribution in [0.2, 0.25) is 0 Å². The van der Waals surface area contributed by atoms with Crippen molar-refractivity contribution >= 4 is 24.2 Å². The van der Waals surface area contributed by atoms with Crippen molar-refractivity contribution in [3.8, 4) is 5.75 Å². The van der Waals surface area contributed by atoms with E-state index in [2.05, 4.69) is 24.9 Å².